The maximum Gasteiger partial charge on any atom is 0.269 e. The number of sulfonamides is 1. The molecule has 0 aromatic heterocycles. The minimum atomic E-state index is -3.80. The van der Waals surface area contributed by atoms with Gasteiger partial charge >= 0.3 is 0 Å². The third-order valence-corrected chi connectivity index (χ3v) is 6.12. The van der Waals surface area contributed by atoms with Crippen molar-refractivity contribution in [1.29, 1.82) is 0 Å². The number of carbonyl (C=O) groups excluding carboxylic acids is 1. The van der Waals surface area contributed by atoms with Gasteiger partial charge in [0.2, 0.25) is 15.9 Å². The fraction of sp³-hybridized carbons (Fsp3) is 0.562. The minimum absolute atomic E-state index is 0. The molecule has 0 radical (unpaired) electrons. The zero-order valence-electron chi connectivity index (χ0n) is 15.0. The molecule has 2 rings (SSSR count). The van der Waals surface area contributed by atoms with Crippen LogP contribution in [0.1, 0.15) is 32.6 Å². The van der Waals surface area contributed by atoms with E-state index in [-0.39, 0.29) is 47.9 Å². The first-order valence-electron chi connectivity index (χ1n) is 8.44. The first-order valence-corrected chi connectivity index (χ1v) is 9.92. The van der Waals surface area contributed by atoms with Crippen LogP contribution in [0.25, 0.3) is 0 Å². The van der Waals surface area contributed by atoms with Gasteiger partial charge in [-0.05, 0) is 31.9 Å². The van der Waals surface area contributed by atoms with Crippen molar-refractivity contribution in [3.63, 3.8) is 0 Å². The van der Waals surface area contributed by atoms with E-state index in [1.807, 2.05) is 6.92 Å². The third kappa shape index (κ3) is 6.13. The molecule has 2 atom stereocenters. The van der Waals surface area contributed by atoms with Gasteiger partial charge in [0.1, 0.15) is 0 Å². The number of hydrogen-bond acceptors (Lipinski definition) is 6. The molecule has 0 aliphatic heterocycles. The van der Waals surface area contributed by atoms with Crippen molar-refractivity contribution >= 4 is 34.0 Å². The quantitative estimate of drug-likeness (QED) is 0.344. The number of nitrogens with two attached hydrogens (primary N) is 1. The van der Waals surface area contributed by atoms with Crippen LogP contribution in [0.2, 0.25) is 0 Å². The number of nitrogens with zero attached hydrogens (tertiary/aromatic N) is 1. The molecule has 1 aromatic carbocycles. The Hall–Kier alpha value is -1.75. The van der Waals surface area contributed by atoms with E-state index < -0.39 is 20.5 Å². The van der Waals surface area contributed by atoms with E-state index in [2.05, 4.69) is 10.0 Å². The monoisotopic (exact) mass is 420 g/mol. The van der Waals surface area contributed by atoms with Crippen molar-refractivity contribution in [2.45, 2.75) is 43.0 Å². The number of benzene rings is 1. The van der Waals surface area contributed by atoms with Crippen LogP contribution in [0, 0.1) is 16.0 Å². The van der Waals surface area contributed by atoms with Gasteiger partial charge in [-0.25, -0.2) is 13.1 Å². The Morgan fingerprint density at radius 3 is 2.48 bits per heavy atom. The van der Waals surface area contributed by atoms with Crippen molar-refractivity contribution in [2.75, 3.05) is 13.1 Å². The Bertz CT molecular complexity index is 768. The molecule has 152 valence electrons. The van der Waals surface area contributed by atoms with Crippen LogP contribution >= 0.6 is 12.4 Å². The Kier molecular flexibility index (Phi) is 8.15. The van der Waals surface area contributed by atoms with E-state index in [1.165, 1.54) is 12.1 Å². The Labute approximate surface area is 164 Å². The summed E-state index contributed by atoms with van der Waals surface area (Å²) in [4.78, 5) is 22.2. The van der Waals surface area contributed by atoms with Crippen LogP contribution in [-0.2, 0) is 14.8 Å². The zero-order chi connectivity index (χ0) is 19.4. The lowest BCUT2D eigenvalue weighted by Crippen LogP contribution is -2.53. The molecule has 1 fully saturated rings. The van der Waals surface area contributed by atoms with Gasteiger partial charge in [0.25, 0.3) is 5.69 Å². The van der Waals surface area contributed by atoms with Crippen molar-refractivity contribution in [1.82, 2.24) is 10.0 Å². The molecular weight excluding hydrogens is 396 g/mol. The first-order chi connectivity index (χ1) is 12.1. The van der Waals surface area contributed by atoms with Crippen LogP contribution < -0.4 is 15.8 Å². The second-order valence-electron chi connectivity index (χ2n) is 6.74. The summed E-state index contributed by atoms with van der Waals surface area (Å²) in [5, 5.41) is 13.3. The largest absolute Gasteiger partial charge is 0.354 e. The van der Waals surface area contributed by atoms with Crippen molar-refractivity contribution < 1.29 is 18.1 Å². The number of non-ortho nitro benzene ring substituents is 1. The molecule has 1 aliphatic rings. The van der Waals surface area contributed by atoms with Crippen LogP contribution in [0.15, 0.2) is 29.2 Å². The molecule has 0 spiro atoms. The van der Waals surface area contributed by atoms with E-state index in [9.17, 15) is 23.3 Å². The molecular formula is C16H25ClN4O5S. The number of halogens is 1. The molecule has 0 heterocycles. The van der Waals surface area contributed by atoms with Crippen LogP contribution in [0.5, 0.6) is 0 Å². The summed E-state index contributed by atoms with van der Waals surface area (Å²) in [5.74, 6) is -0.438. The molecule has 11 heteroatoms. The Balaban J connectivity index is 0.00000364. The van der Waals surface area contributed by atoms with E-state index in [4.69, 9.17) is 5.73 Å². The second-order valence-corrected chi connectivity index (χ2v) is 8.51. The highest BCUT2D eigenvalue weighted by molar-refractivity contribution is 7.89. The van der Waals surface area contributed by atoms with Gasteiger partial charge in [0.05, 0.1) is 15.7 Å². The summed E-state index contributed by atoms with van der Waals surface area (Å²) in [6, 6.07) is 4.59. The predicted molar refractivity (Wildman–Crippen MR) is 103 cm³/mol. The predicted octanol–water partition coefficient (Wildman–Crippen LogP) is 1.32. The first kappa shape index (κ1) is 23.3. The van der Waals surface area contributed by atoms with E-state index in [0.717, 1.165) is 37.8 Å². The number of rotatable bonds is 7. The van der Waals surface area contributed by atoms with Gasteiger partial charge < -0.3 is 11.1 Å². The van der Waals surface area contributed by atoms with Gasteiger partial charge in [-0.15, -0.1) is 12.4 Å². The molecule has 1 aliphatic carbocycles. The summed E-state index contributed by atoms with van der Waals surface area (Å²) in [7, 11) is -3.80. The van der Waals surface area contributed by atoms with Crippen LogP contribution in [0.3, 0.4) is 0 Å². The molecule has 2 unspecified atom stereocenters. The standard InChI is InChI=1S/C16H24N4O5S.ClH/c1-16(17)9-3-2-4-14(16)15(21)18-10-11-19-26(24,25)13-7-5-12(6-8-13)20(22)23;/h5-8,14,19H,2-4,9-11,17H2,1H3,(H,18,21);1H. The second kappa shape index (κ2) is 9.45. The Morgan fingerprint density at radius 1 is 1.30 bits per heavy atom. The maximum atomic E-state index is 12.3. The van der Waals surface area contributed by atoms with Crippen LogP contribution in [-0.4, -0.2) is 37.9 Å². The lowest BCUT2D eigenvalue weighted by atomic mass is 9.74. The molecule has 1 aromatic rings. The maximum absolute atomic E-state index is 12.3. The summed E-state index contributed by atoms with van der Waals surface area (Å²) in [6.07, 6.45) is 3.48. The fourth-order valence-electron chi connectivity index (χ4n) is 3.11. The molecule has 9 nitrogen and oxygen atoms in total. The van der Waals surface area contributed by atoms with Gasteiger partial charge in [-0.2, -0.15) is 0 Å². The smallest absolute Gasteiger partial charge is 0.269 e. The molecule has 1 amide bonds. The SMILES string of the molecule is CC1(N)CCCCC1C(=O)NCCNS(=O)(=O)c1ccc([N+](=O)[O-])cc1.Cl. The van der Waals surface area contributed by atoms with Gasteiger partial charge in [0.15, 0.2) is 0 Å². The number of amides is 1. The molecule has 4 N–H and O–H groups in total. The highest BCUT2D eigenvalue weighted by Crippen LogP contribution is 2.31. The molecule has 27 heavy (non-hydrogen) atoms. The number of hydrogen-bond donors (Lipinski definition) is 3. The summed E-state index contributed by atoms with van der Waals surface area (Å²) in [6.45, 7) is 2.02. The van der Waals surface area contributed by atoms with Gasteiger partial charge in [0, 0.05) is 30.8 Å². The number of nitro groups is 1. The van der Waals surface area contributed by atoms with Crippen LogP contribution in [0.4, 0.5) is 5.69 Å². The highest BCUT2D eigenvalue weighted by Gasteiger charge is 2.37. The lowest BCUT2D eigenvalue weighted by molar-refractivity contribution is -0.384. The van der Waals surface area contributed by atoms with Gasteiger partial charge in [-0.1, -0.05) is 12.8 Å². The van der Waals surface area contributed by atoms with Crippen molar-refractivity contribution in [2.24, 2.45) is 11.7 Å². The Morgan fingerprint density at radius 2 is 1.93 bits per heavy atom. The highest BCUT2D eigenvalue weighted by atomic mass is 35.5. The molecule has 1 saturated carbocycles. The fourth-order valence-corrected chi connectivity index (χ4v) is 4.15. The zero-order valence-corrected chi connectivity index (χ0v) is 16.6. The summed E-state index contributed by atoms with van der Waals surface area (Å²) < 4.78 is 26.7. The third-order valence-electron chi connectivity index (χ3n) is 4.64. The summed E-state index contributed by atoms with van der Waals surface area (Å²) >= 11 is 0. The lowest BCUT2D eigenvalue weighted by Gasteiger charge is -2.37. The van der Waals surface area contributed by atoms with E-state index in [0.29, 0.717) is 0 Å². The average molecular weight is 421 g/mol. The number of nitro benzene ring substituents is 1. The van der Waals surface area contributed by atoms with Crippen molar-refractivity contribution in [3.05, 3.63) is 34.4 Å². The minimum Gasteiger partial charge on any atom is -0.354 e. The number of carbonyl (C=O) groups is 1. The number of nitrogens with one attached hydrogen (secondary N) is 2. The topological polar surface area (TPSA) is 144 Å². The normalized spacial score (nSPS) is 22.5. The van der Waals surface area contributed by atoms with Crippen molar-refractivity contribution in [3.8, 4) is 0 Å². The van der Waals surface area contributed by atoms with Gasteiger partial charge in [-0.3, -0.25) is 14.9 Å². The van der Waals surface area contributed by atoms with E-state index >= 15 is 0 Å². The van der Waals surface area contributed by atoms with E-state index in [1.54, 1.807) is 0 Å². The average Bonchev–Trinajstić information content (AvgIpc) is 2.58. The summed E-state index contributed by atoms with van der Waals surface area (Å²) in [5.41, 5.74) is 5.46. The molecule has 0 saturated heterocycles. The molecule has 0 bridgehead atoms.